The molecule has 0 aromatic heterocycles. The van der Waals surface area contributed by atoms with Crippen LogP contribution in [0.3, 0.4) is 0 Å². The Balaban J connectivity index is 1.51. The predicted molar refractivity (Wildman–Crippen MR) is 136 cm³/mol. The maximum Gasteiger partial charge on any atom is 0.324 e. The van der Waals surface area contributed by atoms with Crippen molar-refractivity contribution in [1.29, 1.82) is 0 Å². The van der Waals surface area contributed by atoms with Gasteiger partial charge in [0.1, 0.15) is 5.60 Å². The van der Waals surface area contributed by atoms with Gasteiger partial charge in [-0.25, -0.2) is 4.79 Å². The molecular formula is C29H38N2O3. The van der Waals surface area contributed by atoms with Gasteiger partial charge in [0.2, 0.25) is 0 Å². The Labute approximate surface area is 204 Å². The van der Waals surface area contributed by atoms with Gasteiger partial charge in [0, 0.05) is 18.8 Å². The van der Waals surface area contributed by atoms with Crippen LogP contribution in [0.1, 0.15) is 76.3 Å². The van der Waals surface area contributed by atoms with Crippen LogP contribution in [0.2, 0.25) is 0 Å². The highest BCUT2D eigenvalue weighted by atomic mass is 16.6. The van der Waals surface area contributed by atoms with Gasteiger partial charge in [0.05, 0.1) is 12.5 Å². The van der Waals surface area contributed by atoms with Gasteiger partial charge in [-0.15, -0.1) is 0 Å². The van der Waals surface area contributed by atoms with Gasteiger partial charge >= 0.3 is 12.0 Å². The fourth-order valence-corrected chi connectivity index (χ4v) is 5.20. The molecule has 1 saturated carbocycles. The van der Waals surface area contributed by atoms with Gasteiger partial charge in [-0.3, -0.25) is 9.69 Å². The van der Waals surface area contributed by atoms with Crippen molar-refractivity contribution in [2.24, 2.45) is 5.92 Å². The first kappa shape index (κ1) is 24.3. The number of rotatable bonds is 5. The molecule has 2 aromatic carbocycles. The molecule has 34 heavy (non-hydrogen) atoms. The molecule has 182 valence electrons. The lowest BCUT2D eigenvalue weighted by molar-refractivity contribution is -0.161. The van der Waals surface area contributed by atoms with Crippen molar-refractivity contribution in [3.05, 3.63) is 65.7 Å². The van der Waals surface area contributed by atoms with Crippen LogP contribution >= 0.6 is 0 Å². The number of hydrogen-bond acceptors (Lipinski definition) is 3. The zero-order chi connectivity index (χ0) is 24.1. The van der Waals surface area contributed by atoms with E-state index in [1.807, 2.05) is 60.9 Å². The van der Waals surface area contributed by atoms with Crippen LogP contribution in [0.15, 0.2) is 54.6 Å². The molecule has 2 atom stereocenters. The number of benzene rings is 2. The highest BCUT2D eigenvalue weighted by molar-refractivity contribution is 5.92. The molecule has 0 spiro atoms. The first-order valence-corrected chi connectivity index (χ1v) is 12.7. The number of ether oxygens (including phenoxy) is 1. The standard InChI is InChI=1S/C29H38N2O3/c1-29(2,3)34-27(32)26-14-8-7-13-25(26)23-17-15-22(16-18-23)21-31(24-11-5-4-6-12-24)28(33)30-19-9-10-20-30/h4-6,11-12,15-18,25-26H,7-10,13-14,19-21H2,1-3H3/t25-,26+/m1/s1. The van der Waals surface area contributed by atoms with E-state index < -0.39 is 5.60 Å². The average molecular weight is 463 g/mol. The van der Waals surface area contributed by atoms with Crippen LogP contribution in [-0.2, 0) is 16.1 Å². The van der Waals surface area contributed by atoms with E-state index in [1.165, 1.54) is 5.56 Å². The second-order valence-corrected chi connectivity index (χ2v) is 10.7. The summed E-state index contributed by atoms with van der Waals surface area (Å²) in [5.41, 5.74) is 2.73. The number of carbonyl (C=O) groups excluding carboxylic acids is 2. The molecule has 4 rings (SSSR count). The van der Waals surface area contributed by atoms with Crippen LogP contribution in [0, 0.1) is 5.92 Å². The summed E-state index contributed by atoms with van der Waals surface area (Å²) >= 11 is 0. The highest BCUT2D eigenvalue weighted by Gasteiger charge is 2.35. The molecule has 2 fully saturated rings. The largest absolute Gasteiger partial charge is 0.460 e. The van der Waals surface area contributed by atoms with Gasteiger partial charge < -0.3 is 9.64 Å². The highest BCUT2D eigenvalue weighted by Crippen LogP contribution is 2.39. The van der Waals surface area contributed by atoms with Crippen LogP contribution in [-0.4, -0.2) is 35.6 Å². The normalized spacial score (nSPS) is 20.7. The van der Waals surface area contributed by atoms with Crippen molar-refractivity contribution in [2.75, 3.05) is 18.0 Å². The minimum Gasteiger partial charge on any atom is -0.460 e. The van der Waals surface area contributed by atoms with Crippen LogP contribution < -0.4 is 4.90 Å². The SMILES string of the molecule is CC(C)(C)OC(=O)[C@H]1CCCC[C@@H]1c1ccc(CN(C(=O)N2CCCC2)c2ccccc2)cc1. The second kappa shape index (κ2) is 10.6. The first-order chi connectivity index (χ1) is 16.3. The number of hydrogen-bond donors (Lipinski definition) is 0. The fourth-order valence-electron chi connectivity index (χ4n) is 5.20. The summed E-state index contributed by atoms with van der Waals surface area (Å²) in [6.07, 6.45) is 6.24. The molecule has 0 unspecified atom stereocenters. The van der Waals surface area contributed by atoms with E-state index in [0.717, 1.165) is 62.9 Å². The number of nitrogens with zero attached hydrogens (tertiary/aromatic N) is 2. The third-order valence-electron chi connectivity index (χ3n) is 6.90. The molecule has 5 heteroatoms. The quantitative estimate of drug-likeness (QED) is 0.475. The zero-order valence-electron chi connectivity index (χ0n) is 20.8. The number of amides is 2. The van der Waals surface area contributed by atoms with Crippen molar-refractivity contribution in [3.63, 3.8) is 0 Å². The Morgan fingerprint density at radius 3 is 2.21 bits per heavy atom. The molecule has 1 aliphatic carbocycles. The number of carbonyl (C=O) groups is 2. The average Bonchev–Trinajstić information content (AvgIpc) is 3.37. The van der Waals surface area contributed by atoms with E-state index in [4.69, 9.17) is 4.74 Å². The second-order valence-electron chi connectivity index (χ2n) is 10.7. The Hall–Kier alpha value is -2.82. The van der Waals surface area contributed by atoms with Crippen molar-refractivity contribution < 1.29 is 14.3 Å². The van der Waals surface area contributed by atoms with Gasteiger partial charge in [-0.05, 0) is 75.6 Å². The number of anilines is 1. The smallest absolute Gasteiger partial charge is 0.324 e. The molecule has 0 bridgehead atoms. The number of likely N-dealkylation sites (tertiary alicyclic amines) is 1. The number of urea groups is 1. The number of esters is 1. The molecule has 0 radical (unpaired) electrons. The minimum atomic E-state index is -0.467. The maximum atomic E-state index is 13.3. The molecular weight excluding hydrogens is 424 g/mol. The zero-order valence-corrected chi connectivity index (χ0v) is 20.8. The minimum absolute atomic E-state index is 0.0741. The predicted octanol–water partition coefficient (Wildman–Crippen LogP) is 6.52. The summed E-state index contributed by atoms with van der Waals surface area (Å²) in [7, 11) is 0. The summed E-state index contributed by atoms with van der Waals surface area (Å²) in [6.45, 7) is 7.97. The summed E-state index contributed by atoms with van der Waals surface area (Å²) in [4.78, 5) is 30.0. The van der Waals surface area contributed by atoms with Crippen LogP contribution in [0.25, 0.3) is 0 Å². The molecule has 1 heterocycles. The molecule has 1 aliphatic heterocycles. The Morgan fingerprint density at radius 1 is 0.912 bits per heavy atom. The Morgan fingerprint density at radius 2 is 1.56 bits per heavy atom. The van der Waals surface area contributed by atoms with E-state index in [-0.39, 0.29) is 23.8 Å². The van der Waals surface area contributed by atoms with Gasteiger partial charge in [0.15, 0.2) is 0 Å². The summed E-state index contributed by atoms with van der Waals surface area (Å²) in [5.74, 6) is 0.0261. The lowest BCUT2D eigenvalue weighted by Gasteiger charge is -2.33. The third-order valence-corrected chi connectivity index (χ3v) is 6.90. The molecule has 2 aliphatic rings. The molecule has 1 saturated heterocycles. The van der Waals surface area contributed by atoms with Crippen molar-refractivity contribution in [1.82, 2.24) is 4.90 Å². The Bertz CT molecular complexity index is 959. The van der Waals surface area contributed by atoms with E-state index in [0.29, 0.717) is 6.54 Å². The molecule has 0 N–H and O–H groups in total. The third kappa shape index (κ3) is 5.99. The van der Waals surface area contributed by atoms with Crippen LogP contribution in [0.4, 0.5) is 10.5 Å². The lowest BCUT2D eigenvalue weighted by Crippen LogP contribution is -2.41. The summed E-state index contributed by atoms with van der Waals surface area (Å²) in [5, 5.41) is 0. The van der Waals surface area contributed by atoms with E-state index in [2.05, 4.69) is 24.3 Å². The maximum absolute atomic E-state index is 13.3. The van der Waals surface area contributed by atoms with Crippen LogP contribution in [0.5, 0.6) is 0 Å². The first-order valence-electron chi connectivity index (χ1n) is 12.7. The lowest BCUT2D eigenvalue weighted by atomic mass is 9.75. The van der Waals surface area contributed by atoms with Gasteiger partial charge in [-0.1, -0.05) is 55.3 Å². The van der Waals surface area contributed by atoms with Crippen molar-refractivity contribution in [3.8, 4) is 0 Å². The fraction of sp³-hybridized carbons (Fsp3) is 0.517. The Kier molecular flexibility index (Phi) is 7.60. The molecule has 5 nitrogen and oxygen atoms in total. The van der Waals surface area contributed by atoms with Crippen molar-refractivity contribution in [2.45, 2.75) is 77.4 Å². The van der Waals surface area contributed by atoms with Gasteiger partial charge in [-0.2, -0.15) is 0 Å². The molecule has 2 amide bonds. The summed E-state index contributed by atoms with van der Waals surface area (Å²) < 4.78 is 5.74. The monoisotopic (exact) mass is 462 g/mol. The van der Waals surface area contributed by atoms with E-state index in [9.17, 15) is 9.59 Å². The van der Waals surface area contributed by atoms with E-state index in [1.54, 1.807) is 0 Å². The van der Waals surface area contributed by atoms with E-state index >= 15 is 0 Å². The van der Waals surface area contributed by atoms with Gasteiger partial charge in [0.25, 0.3) is 0 Å². The topological polar surface area (TPSA) is 49.9 Å². The summed E-state index contributed by atoms with van der Waals surface area (Å²) in [6, 6.07) is 18.5. The van der Waals surface area contributed by atoms with Crippen molar-refractivity contribution >= 4 is 17.7 Å². The molecule has 2 aromatic rings. The number of para-hydroxylation sites is 1.